The van der Waals surface area contributed by atoms with Crippen LogP contribution in [-0.2, 0) is 11.3 Å². The van der Waals surface area contributed by atoms with Crippen molar-refractivity contribution in [3.63, 3.8) is 0 Å². The van der Waals surface area contributed by atoms with Crippen molar-refractivity contribution >= 4 is 29.1 Å². The molecule has 1 aliphatic rings. The first-order valence-electron chi connectivity index (χ1n) is 7.48. The molecular weight excluding hydrogens is 323 g/mol. The van der Waals surface area contributed by atoms with Crippen molar-refractivity contribution < 1.29 is 9.53 Å². The Morgan fingerprint density at radius 3 is 2.91 bits per heavy atom. The second kappa shape index (κ2) is 8.04. The molecule has 1 saturated heterocycles. The topological polar surface area (TPSA) is 41.6 Å². The number of methoxy groups -OCH3 is 1. The maximum absolute atomic E-state index is 11.0. The summed E-state index contributed by atoms with van der Waals surface area (Å²) in [6.07, 6.45) is 2.27. The van der Waals surface area contributed by atoms with Crippen LogP contribution in [0.15, 0.2) is 12.1 Å². The van der Waals surface area contributed by atoms with E-state index in [2.05, 4.69) is 10.2 Å². The monoisotopic (exact) mass is 344 g/mol. The van der Waals surface area contributed by atoms with Crippen LogP contribution >= 0.6 is 23.2 Å². The molecule has 1 aromatic carbocycles. The summed E-state index contributed by atoms with van der Waals surface area (Å²) in [5.74, 6) is 1.20. The molecule has 0 spiro atoms. The van der Waals surface area contributed by atoms with E-state index >= 15 is 0 Å². The number of likely N-dealkylation sites (tertiary alicyclic amines) is 1. The summed E-state index contributed by atoms with van der Waals surface area (Å²) in [5, 5.41) is 4.06. The van der Waals surface area contributed by atoms with Gasteiger partial charge in [0, 0.05) is 37.1 Å². The molecule has 1 heterocycles. The molecule has 2 rings (SSSR count). The Labute approximate surface area is 141 Å². The number of nitrogens with zero attached hydrogens (tertiary/aromatic N) is 1. The van der Waals surface area contributed by atoms with Crippen molar-refractivity contribution in [2.45, 2.75) is 26.3 Å². The van der Waals surface area contributed by atoms with Gasteiger partial charge in [-0.25, -0.2) is 0 Å². The quantitative estimate of drug-likeness (QED) is 0.890. The first kappa shape index (κ1) is 17.4. The lowest BCUT2D eigenvalue weighted by Gasteiger charge is -2.33. The highest BCUT2D eigenvalue weighted by atomic mass is 35.5. The zero-order valence-corrected chi connectivity index (χ0v) is 14.5. The van der Waals surface area contributed by atoms with Crippen molar-refractivity contribution in [3.05, 3.63) is 27.7 Å². The smallest absolute Gasteiger partial charge is 0.216 e. The van der Waals surface area contributed by atoms with Crippen molar-refractivity contribution in [1.29, 1.82) is 0 Å². The van der Waals surface area contributed by atoms with Crippen molar-refractivity contribution in [2.75, 3.05) is 26.7 Å². The van der Waals surface area contributed by atoms with E-state index in [1.807, 2.05) is 6.07 Å². The molecular formula is C16H22Cl2N2O2. The molecule has 1 N–H and O–H groups in total. The number of carbonyl (C=O) groups is 1. The third kappa shape index (κ3) is 4.77. The first-order chi connectivity index (χ1) is 10.5. The minimum absolute atomic E-state index is 0.0282. The molecule has 0 aliphatic carbocycles. The van der Waals surface area contributed by atoms with E-state index in [1.165, 1.54) is 0 Å². The number of hydrogen-bond donors (Lipinski definition) is 1. The summed E-state index contributed by atoms with van der Waals surface area (Å²) in [5.41, 5.74) is 1.00. The van der Waals surface area contributed by atoms with Crippen LogP contribution in [0.25, 0.3) is 0 Å². The predicted molar refractivity (Wildman–Crippen MR) is 89.7 cm³/mol. The van der Waals surface area contributed by atoms with Crippen molar-refractivity contribution in [2.24, 2.45) is 5.92 Å². The number of hydrogen-bond acceptors (Lipinski definition) is 3. The van der Waals surface area contributed by atoms with Gasteiger partial charge in [0.25, 0.3) is 0 Å². The van der Waals surface area contributed by atoms with Crippen LogP contribution in [0.4, 0.5) is 0 Å². The van der Waals surface area contributed by atoms with Gasteiger partial charge in [0.2, 0.25) is 5.91 Å². The van der Waals surface area contributed by atoms with E-state index in [4.69, 9.17) is 27.9 Å². The molecule has 0 bridgehead atoms. The Kier molecular flexibility index (Phi) is 6.36. The lowest BCUT2D eigenvalue weighted by atomic mass is 9.97. The van der Waals surface area contributed by atoms with Gasteiger partial charge in [-0.05, 0) is 37.4 Å². The van der Waals surface area contributed by atoms with Gasteiger partial charge in [-0.15, -0.1) is 0 Å². The number of amides is 1. The highest BCUT2D eigenvalue weighted by Crippen LogP contribution is 2.33. The van der Waals surface area contributed by atoms with Crippen LogP contribution in [-0.4, -0.2) is 37.6 Å². The summed E-state index contributed by atoms with van der Waals surface area (Å²) in [6, 6.07) is 3.60. The van der Waals surface area contributed by atoms with Crippen LogP contribution in [0, 0.1) is 5.92 Å². The standard InChI is InChI=1S/C16H22Cl2N2O2/c1-11(21)19-8-12-4-3-5-20(9-12)10-13-6-14(17)7-15(18)16(13)22-2/h6-7,12H,3-5,8-10H2,1-2H3,(H,19,21)/t12-/m1/s1. The number of carbonyl (C=O) groups excluding carboxylic acids is 1. The van der Waals surface area contributed by atoms with Crippen LogP contribution < -0.4 is 10.1 Å². The minimum Gasteiger partial charge on any atom is -0.495 e. The fourth-order valence-corrected chi connectivity index (χ4v) is 3.56. The van der Waals surface area contributed by atoms with E-state index in [0.29, 0.717) is 21.7 Å². The van der Waals surface area contributed by atoms with Gasteiger partial charge in [0.15, 0.2) is 0 Å². The Morgan fingerprint density at radius 2 is 2.23 bits per heavy atom. The SMILES string of the molecule is COc1c(Cl)cc(Cl)cc1CN1CCC[C@H](CNC(C)=O)C1. The minimum atomic E-state index is 0.0282. The van der Waals surface area contributed by atoms with Crippen LogP contribution in [0.3, 0.4) is 0 Å². The van der Waals surface area contributed by atoms with Crippen molar-refractivity contribution in [1.82, 2.24) is 10.2 Å². The van der Waals surface area contributed by atoms with Crippen molar-refractivity contribution in [3.8, 4) is 5.75 Å². The number of piperidine rings is 1. The first-order valence-corrected chi connectivity index (χ1v) is 8.24. The highest BCUT2D eigenvalue weighted by molar-refractivity contribution is 6.35. The van der Waals surface area contributed by atoms with Gasteiger partial charge in [-0.2, -0.15) is 0 Å². The van der Waals surface area contributed by atoms with Gasteiger partial charge < -0.3 is 10.1 Å². The van der Waals surface area contributed by atoms with Gasteiger partial charge >= 0.3 is 0 Å². The van der Waals surface area contributed by atoms with E-state index in [1.54, 1.807) is 20.1 Å². The van der Waals surface area contributed by atoms with E-state index in [9.17, 15) is 4.79 Å². The molecule has 6 heteroatoms. The normalized spacial score (nSPS) is 19.0. The average molecular weight is 345 g/mol. The Balaban J connectivity index is 2.02. The summed E-state index contributed by atoms with van der Waals surface area (Å²) in [4.78, 5) is 13.4. The van der Waals surface area contributed by atoms with Gasteiger partial charge in [-0.1, -0.05) is 23.2 Å². The molecule has 22 heavy (non-hydrogen) atoms. The molecule has 1 amide bonds. The molecule has 1 fully saturated rings. The zero-order valence-electron chi connectivity index (χ0n) is 13.0. The van der Waals surface area contributed by atoms with Gasteiger partial charge in [-0.3, -0.25) is 9.69 Å². The number of ether oxygens (including phenoxy) is 1. The summed E-state index contributed by atoms with van der Waals surface area (Å²) in [6.45, 7) is 5.02. The fraction of sp³-hybridized carbons (Fsp3) is 0.562. The summed E-state index contributed by atoms with van der Waals surface area (Å²) >= 11 is 12.3. The number of halogens is 2. The summed E-state index contributed by atoms with van der Waals surface area (Å²) < 4.78 is 5.40. The molecule has 4 nitrogen and oxygen atoms in total. The second-order valence-electron chi connectivity index (χ2n) is 5.76. The van der Waals surface area contributed by atoms with E-state index < -0.39 is 0 Å². The second-order valence-corrected chi connectivity index (χ2v) is 6.60. The van der Waals surface area contributed by atoms with Gasteiger partial charge in [0.1, 0.15) is 5.75 Å². The van der Waals surface area contributed by atoms with E-state index in [-0.39, 0.29) is 5.91 Å². The zero-order chi connectivity index (χ0) is 16.1. The third-order valence-corrected chi connectivity index (χ3v) is 4.43. The third-order valence-electron chi connectivity index (χ3n) is 3.93. The molecule has 0 saturated carbocycles. The Morgan fingerprint density at radius 1 is 1.45 bits per heavy atom. The van der Waals surface area contributed by atoms with Crippen LogP contribution in [0.5, 0.6) is 5.75 Å². The molecule has 0 aromatic heterocycles. The Bertz CT molecular complexity index is 537. The average Bonchev–Trinajstić information content (AvgIpc) is 2.45. The highest BCUT2D eigenvalue weighted by Gasteiger charge is 2.21. The molecule has 1 aliphatic heterocycles. The lowest BCUT2D eigenvalue weighted by molar-refractivity contribution is -0.119. The maximum atomic E-state index is 11.0. The number of benzene rings is 1. The molecule has 1 atom stereocenters. The van der Waals surface area contributed by atoms with Gasteiger partial charge in [0.05, 0.1) is 12.1 Å². The predicted octanol–water partition coefficient (Wildman–Crippen LogP) is 3.35. The summed E-state index contributed by atoms with van der Waals surface area (Å²) in [7, 11) is 1.62. The molecule has 0 radical (unpaired) electrons. The Hall–Kier alpha value is -0.970. The van der Waals surface area contributed by atoms with E-state index in [0.717, 1.165) is 44.6 Å². The number of rotatable bonds is 5. The maximum Gasteiger partial charge on any atom is 0.216 e. The lowest BCUT2D eigenvalue weighted by Crippen LogP contribution is -2.40. The van der Waals surface area contributed by atoms with Crippen LogP contribution in [0.1, 0.15) is 25.3 Å². The largest absolute Gasteiger partial charge is 0.495 e. The molecule has 1 aromatic rings. The molecule has 122 valence electrons. The number of nitrogens with one attached hydrogen (secondary N) is 1. The molecule has 0 unspecified atom stereocenters. The van der Waals surface area contributed by atoms with Crippen LogP contribution in [0.2, 0.25) is 10.0 Å². The fourth-order valence-electron chi connectivity index (χ4n) is 2.95.